The fourth-order valence-electron chi connectivity index (χ4n) is 34.1. The van der Waals surface area contributed by atoms with Crippen LogP contribution < -0.4 is 23.7 Å². The second-order valence-corrected chi connectivity index (χ2v) is 45.3. The number of aliphatic hydroxyl groups excluding tert-OH is 1. The number of Topliss-reactive ketones (excluding diaryl/α,β-unsaturated/α-hetero) is 1. The van der Waals surface area contributed by atoms with E-state index in [-0.39, 0.29) is 62.7 Å². The average Bonchev–Trinajstić information content (AvgIpc) is 1.50. The summed E-state index contributed by atoms with van der Waals surface area (Å²) in [6, 6.07) is 22.2. The molecule has 7 saturated carbocycles. The van der Waals surface area contributed by atoms with Crippen LogP contribution in [0, 0.1) is 53.3 Å². The standard InChI is InChI=1S/C22H27NO2.C21H25NO3.2C21H27NO2.C20H25NO3/c1-13-3-6-16-17-11-15-18(24)7-8-19-20(15)22(16,21(13)25-19)9-10-23(17,2)12-14-4-5-14;1-22(11-12-2-3-12)9-8-21-14-5-7-17(24)20(21)25-19-16(23)6-4-13(18(19)21)10-15(14)22;2*1-4-10-22(3)11-9-21-15-6-5-13(2)20(21)24-18-8-7-17(23)14(19(18)21)12-16(15)22;1-3-9-21(2)10-8-20-13-5-7-16(23)19(20)24-18-15(22)6-4-12(17(18)20)11-14(13)21/h7-8,14,16-17,21H,1,3-6,9-12H2,2H3;4,6,12,14-15,20H,2-3,5,7-11H2,1H3;2*4,7-8,13,15-16,20H,1,5-6,9-12H2,2-3H3;3-4,6,13-14,16,19,23H,1,5,7-11H2,2H3/p+5/t16?,17?,21?,22-,23+;14?,15?,20?,21-,22-;13-,15?,16?,20?,21-,22+;13-,15?,16?,20?,21-,22-;13?,14?,16-,19?,20-,21-/m01001/s1. The van der Waals surface area contributed by atoms with E-state index in [4.69, 9.17) is 23.7 Å². The zero-order valence-corrected chi connectivity index (χ0v) is 73.8. The van der Waals surface area contributed by atoms with Crippen molar-refractivity contribution in [2.45, 2.75) is 262 Å². The lowest BCUT2D eigenvalue weighted by Crippen LogP contribution is -2.72. The second-order valence-electron chi connectivity index (χ2n) is 45.3. The van der Waals surface area contributed by atoms with Gasteiger partial charge >= 0.3 is 0 Å². The first-order valence-electron chi connectivity index (χ1n) is 48.1. The summed E-state index contributed by atoms with van der Waals surface area (Å²) in [6.07, 6.45) is 33.2. The third kappa shape index (κ3) is 10.5. The molecule has 15 unspecified atom stereocenters. The number of likely N-dealkylation sites (tertiary alicyclic amines) is 5. The lowest BCUT2D eigenvalue weighted by molar-refractivity contribution is -0.946. The number of hydrogen-bond acceptors (Lipinski definition) is 12. The van der Waals surface area contributed by atoms with Crippen molar-refractivity contribution in [1.82, 2.24) is 0 Å². The van der Waals surface area contributed by atoms with Gasteiger partial charge in [0, 0.05) is 157 Å². The Kier molecular flexibility index (Phi) is 17.5. The molecule has 0 radical (unpaired) electrons. The molecule has 27 rings (SSSR count). The van der Waals surface area contributed by atoms with Crippen LogP contribution >= 0.6 is 0 Å². The zero-order valence-electron chi connectivity index (χ0n) is 73.8. The fourth-order valence-corrected chi connectivity index (χ4v) is 34.1. The van der Waals surface area contributed by atoms with E-state index in [1.807, 2.05) is 36.4 Å². The first-order chi connectivity index (χ1) is 58.6. The molecule has 10 aliphatic heterocycles. The minimum absolute atomic E-state index is 0.0863. The monoisotopic (exact) mass is 1660 g/mol. The molecule has 0 aromatic heterocycles. The maximum Gasteiger partial charge on any atom is 0.174 e. The Labute approximate surface area is 723 Å². The first-order valence-corrected chi connectivity index (χ1v) is 48.1. The van der Waals surface area contributed by atoms with Crippen LogP contribution in [0.4, 0.5) is 0 Å². The smallest absolute Gasteiger partial charge is 0.174 e. The molecule has 5 saturated heterocycles. The predicted molar refractivity (Wildman–Crippen MR) is 469 cm³/mol. The minimum atomic E-state index is -0.434. The van der Waals surface area contributed by atoms with Crippen molar-refractivity contribution in [1.29, 1.82) is 0 Å². The van der Waals surface area contributed by atoms with Crippen LogP contribution in [0.5, 0.6) is 57.5 Å². The Morgan fingerprint density at radius 1 is 0.385 bits per heavy atom. The van der Waals surface area contributed by atoms with Gasteiger partial charge in [0.25, 0.3) is 0 Å². The highest BCUT2D eigenvalue weighted by atomic mass is 16.5. The number of benzene rings is 5. The van der Waals surface area contributed by atoms with Gasteiger partial charge in [0.05, 0.1) is 164 Å². The van der Waals surface area contributed by atoms with E-state index in [0.717, 1.165) is 146 Å². The molecule has 5 spiro atoms. The maximum atomic E-state index is 12.8. The third-order valence-corrected chi connectivity index (χ3v) is 39.7. The number of quaternary nitrogens is 5. The predicted octanol–water partition coefficient (Wildman–Crippen LogP) is 15.0. The van der Waals surface area contributed by atoms with Gasteiger partial charge in [-0.25, -0.2) is 0 Å². The molecular formula is C105H136N5O12+5. The molecule has 12 fully saturated rings. The van der Waals surface area contributed by atoms with Gasteiger partial charge in [-0.05, 0) is 179 Å². The molecule has 5 aromatic carbocycles. The number of rotatable bonds is 10. The van der Waals surface area contributed by atoms with Crippen LogP contribution in [0.15, 0.2) is 111 Å². The molecule has 648 valence electrons. The van der Waals surface area contributed by atoms with Gasteiger partial charge < -0.3 is 76.7 Å². The molecular weight excluding hydrogens is 1520 g/mol. The van der Waals surface area contributed by atoms with Gasteiger partial charge in [0.1, 0.15) is 58.9 Å². The number of ether oxygens (including phenoxy) is 5. The van der Waals surface area contributed by atoms with E-state index in [9.17, 15) is 35.4 Å². The van der Waals surface area contributed by atoms with Crippen LogP contribution in [0.25, 0.3) is 0 Å². The summed E-state index contributed by atoms with van der Waals surface area (Å²) < 4.78 is 37.5. The highest BCUT2D eigenvalue weighted by molar-refractivity contribution is 5.89. The molecule has 12 aliphatic carbocycles. The number of carbonyl (C=O) groups is 1. The molecule has 28 atom stereocenters. The maximum absolute atomic E-state index is 12.8. The van der Waals surface area contributed by atoms with E-state index in [1.54, 1.807) is 12.1 Å². The number of aliphatic hydroxyl groups is 1. The Balaban J connectivity index is 0.0000000885. The molecule has 17 nitrogen and oxygen atoms in total. The normalized spacial score (nSPS) is 44.2. The lowest BCUT2D eigenvalue weighted by atomic mass is 9.49. The SMILES string of the molecule is C=C1CCC2C3Cc4c(O)ccc5c4[C@@]2(CC[N@+]3(C)CC2CC2)C1O5.C=CC[N@+]1(C)CC[C@@]23c4c5ccc(O)c4CC1C2CC[C@H](C)C3O5.C=CC[N@+]1(C)CC[C@@]23c4c5ccc(O)c4OC2[C@H](O)CCC3C1C5.C=CC[N@@+]1(C)CC[C@@]23c4c5ccc(O)c4CC1C2CC[C@H](C)C3O5.C[N@+]1(CC2CC2)CC[C@@]23c4c5ccc(O)c4OC2C(=O)CCC3C1C5. The Hall–Kier alpha value is -7.51. The highest BCUT2D eigenvalue weighted by Crippen LogP contribution is 2.72. The van der Waals surface area contributed by atoms with Crippen molar-refractivity contribution in [2.75, 3.05) is 101 Å². The summed E-state index contributed by atoms with van der Waals surface area (Å²) in [6.45, 7) is 32.6. The number of phenolic OH excluding ortho intramolecular Hbond substituents is 5. The zero-order chi connectivity index (χ0) is 84.0. The van der Waals surface area contributed by atoms with E-state index in [2.05, 4.69) is 106 Å². The van der Waals surface area contributed by atoms with Gasteiger partial charge in [-0.3, -0.25) is 4.79 Å². The number of hydrogen-bond donors (Lipinski definition) is 6. The number of nitrogens with zero attached hydrogens (tertiary/aromatic N) is 5. The molecule has 6 N–H and O–H groups in total. The quantitative estimate of drug-likeness (QED) is 0.0575. The minimum Gasteiger partial charge on any atom is -0.508 e. The number of carbonyl (C=O) groups excluding carboxylic acids is 1. The molecule has 122 heavy (non-hydrogen) atoms. The van der Waals surface area contributed by atoms with Gasteiger partial charge in [-0.15, -0.1) is 0 Å². The van der Waals surface area contributed by atoms with Gasteiger partial charge in [0.15, 0.2) is 34.9 Å². The number of aromatic hydroxyl groups is 5. The molecule has 10 heterocycles. The van der Waals surface area contributed by atoms with Crippen molar-refractivity contribution in [2.24, 2.45) is 53.3 Å². The topological polar surface area (TPSA) is 185 Å². The highest BCUT2D eigenvalue weighted by Gasteiger charge is 2.75. The van der Waals surface area contributed by atoms with E-state index >= 15 is 0 Å². The van der Waals surface area contributed by atoms with Crippen LogP contribution in [-0.2, 0) is 64.0 Å². The van der Waals surface area contributed by atoms with Crippen molar-refractivity contribution in [3.05, 3.63) is 166 Å². The average molecular weight is 1660 g/mol. The number of ketones is 1. The largest absolute Gasteiger partial charge is 0.508 e. The third-order valence-electron chi connectivity index (χ3n) is 39.7. The van der Waals surface area contributed by atoms with E-state index in [1.165, 1.54) is 180 Å². The number of phenols is 5. The van der Waals surface area contributed by atoms with Crippen molar-refractivity contribution in [3.63, 3.8) is 0 Å². The molecule has 22 aliphatic rings. The van der Waals surface area contributed by atoms with Crippen molar-refractivity contribution >= 4 is 5.78 Å². The summed E-state index contributed by atoms with van der Waals surface area (Å²) in [5, 5.41) is 63.4. The second kappa shape index (κ2) is 27.0. The van der Waals surface area contributed by atoms with Crippen molar-refractivity contribution in [3.8, 4) is 57.5 Å². The fraction of sp³-hybridized carbons (Fsp3) is 0.629. The summed E-state index contributed by atoms with van der Waals surface area (Å²) in [5.41, 5.74) is 14.1. The summed E-state index contributed by atoms with van der Waals surface area (Å²) in [5.74, 6) is 12.7. The van der Waals surface area contributed by atoms with Crippen LogP contribution in [0.3, 0.4) is 0 Å². The summed E-state index contributed by atoms with van der Waals surface area (Å²) >= 11 is 0. The molecule has 0 amide bonds. The van der Waals surface area contributed by atoms with E-state index in [0.29, 0.717) is 119 Å². The summed E-state index contributed by atoms with van der Waals surface area (Å²) in [7, 11) is 12.1. The first kappa shape index (κ1) is 79.2. The van der Waals surface area contributed by atoms with Crippen molar-refractivity contribution < 1.29 is 81.5 Å². The Morgan fingerprint density at radius 2 is 0.746 bits per heavy atom. The molecule has 5 aromatic rings. The Bertz CT molecular complexity index is 5120. The molecule has 10 bridgehead atoms. The van der Waals surface area contributed by atoms with Gasteiger partial charge in [0.2, 0.25) is 0 Å². The Morgan fingerprint density at radius 3 is 1.21 bits per heavy atom. The summed E-state index contributed by atoms with van der Waals surface area (Å²) in [4.78, 5) is 12.8. The van der Waals surface area contributed by atoms with Crippen LogP contribution in [0.1, 0.15) is 191 Å². The van der Waals surface area contributed by atoms with Gasteiger partial charge in [-0.2, -0.15) is 0 Å². The number of likely N-dealkylation sites (N-methyl/N-ethyl adjacent to an activating group) is 5. The molecule has 17 heteroatoms. The lowest BCUT2D eigenvalue weighted by Gasteiger charge is -2.61. The van der Waals surface area contributed by atoms with E-state index < -0.39 is 6.10 Å². The number of piperidine rings is 5. The van der Waals surface area contributed by atoms with Gasteiger partial charge in [-0.1, -0.05) is 52.3 Å². The van der Waals surface area contributed by atoms with Crippen LogP contribution in [-0.4, -0.2) is 226 Å². The van der Waals surface area contributed by atoms with Crippen LogP contribution in [0.2, 0.25) is 0 Å².